The minimum absolute atomic E-state index is 0.287. The molecular formula is C12H18O3SSi. The summed E-state index contributed by atoms with van der Waals surface area (Å²) in [6, 6.07) is 3.59. The Kier molecular flexibility index (Phi) is 4.53. The van der Waals surface area contributed by atoms with Crippen LogP contribution < -0.4 is 0 Å². The van der Waals surface area contributed by atoms with Crippen molar-refractivity contribution in [2.45, 2.75) is 26.6 Å². The lowest BCUT2D eigenvalue weighted by atomic mass is 10.4. The van der Waals surface area contributed by atoms with E-state index in [4.69, 9.17) is 9.16 Å². The van der Waals surface area contributed by atoms with E-state index < -0.39 is 8.32 Å². The van der Waals surface area contributed by atoms with E-state index in [-0.39, 0.29) is 5.97 Å². The van der Waals surface area contributed by atoms with Crippen LogP contribution in [0.3, 0.4) is 0 Å². The van der Waals surface area contributed by atoms with Crippen molar-refractivity contribution >= 4 is 31.4 Å². The van der Waals surface area contributed by atoms with Gasteiger partial charge in [0.2, 0.25) is 8.32 Å². The van der Waals surface area contributed by atoms with Gasteiger partial charge in [0.15, 0.2) is 0 Å². The van der Waals surface area contributed by atoms with Crippen molar-refractivity contribution in [2.75, 3.05) is 6.61 Å². The lowest BCUT2D eigenvalue weighted by molar-refractivity contribution is 0.0532. The molecule has 1 heterocycles. The summed E-state index contributed by atoms with van der Waals surface area (Å²) in [6.45, 7) is 12.4. The largest absolute Gasteiger partial charge is 0.544 e. The molecule has 1 aromatic heterocycles. The molecule has 0 fully saturated rings. The first-order valence-electron chi connectivity index (χ1n) is 5.48. The van der Waals surface area contributed by atoms with E-state index in [1.807, 2.05) is 6.07 Å². The van der Waals surface area contributed by atoms with Gasteiger partial charge >= 0.3 is 5.97 Å². The summed E-state index contributed by atoms with van der Waals surface area (Å²) < 4.78 is 10.7. The van der Waals surface area contributed by atoms with Crippen LogP contribution in [0.4, 0.5) is 0 Å². The molecule has 0 aliphatic rings. The number of carbonyl (C=O) groups excluding carboxylic acids is 1. The number of carbonyl (C=O) groups is 1. The van der Waals surface area contributed by atoms with Crippen LogP contribution in [0, 0.1) is 0 Å². The summed E-state index contributed by atoms with van der Waals surface area (Å²) in [5, 5.41) is 0. The molecule has 0 radical (unpaired) electrons. The van der Waals surface area contributed by atoms with Gasteiger partial charge in [-0.15, -0.1) is 11.3 Å². The molecule has 0 aromatic carbocycles. The molecule has 5 heteroatoms. The third-order valence-corrected chi connectivity index (χ3v) is 3.75. The van der Waals surface area contributed by atoms with Gasteiger partial charge in [-0.2, -0.15) is 0 Å². The van der Waals surface area contributed by atoms with E-state index >= 15 is 0 Å². The minimum atomic E-state index is -1.65. The summed E-state index contributed by atoms with van der Waals surface area (Å²) in [6.07, 6.45) is 0. The second-order valence-electron chi connectivity index (χ2n) is 4.52. The molecule has 17 heavy (non-hydrogen) atoms. The molecule has 0 saturated carbocycles. The Balaban J connectivity index is 2.74. The maximum absolute atomic E-state index is 11.5. The molecule has 0 aliphatic carbocycles. The quantitative estimate of drug-likeness (QED) is 0.464. The van der Waals surface area contributed by atoms with E-state index in [0.29, 0.717) is 17.2 Å². The van der Waals surface area contributed by atoms with E-state index in [0.717, 1.165) is 4.88 Å². The van der Waals surface area contributed by atoms with Crippen LogP contribution in [0.15, 0.2) is 18.7 Å². The zero-order valence-electron chi connectivity index (χ0n) is 10.7. The van der Waals surface area contributed by atoms with Gasteiger partial charge in [-0.25, -0.2) is 4.79 Å². The normalized spacial score (nSPS) is 11.1. The molecule has 94 valence electrons. The van der Waals surface area contributed by atoms with Gasteiger partial charge in [-0.05, 0) is 38.7 Å². The van der Waals surface area contributed by atoms with Gasteiger partial charge < -0.3 is 9.16 Å². The smallest absolute Gasteiger partial charge is 0.348 e. The highest BCUT2D eigenvalue weighted by atomic mass is 32.1. The molecule has 0 bridgehead atoms. The predicted molar refractivity (Wildman–Crippen MR) is 73.7 cm³/mol. The zero-order valence-corrected chi connectivity index (χ0v) is 12.5. The standard InChI is InChI=1S/C12H18O3SSi/c1-6-14-12(13)11-8-7-10(16-11)9(2)15-17(3,4)5/h7-8H,2,6H2,1,3-5H3. The summed E-state index contributed by atoms with van der Waals surface area (Å²) in [4.78, 5) is 13.0. The summed E-state index contributed by atoms with van der Waals surface area (Å²) in [5.74, 6) is 0.356. The van der Waals surface area contributed by atoms with Gasteiger partial charge in [0.25, 0.3) is 0 Å². The Morgan fingerprint density at radius 2 is 1.94 bits per heavy atom. The van der Waals surface area contributed by atoms with Crippen LogP contribution in [0.1, 0.15) is 21.5 Å². The second-order valence-corrected chi connectivity index (χ2v) is 10.0. The van der Waals surface area contributed by atoms with E-state index in [1.54, 1.807) is 13.0 Å². The SMILES string of the molecule is C=C(O[Si](C)(C)C)c1ccc(C(=O)OCC)s1. The number of ether oxygens (including phenoxy) is 1. The van der Waals surface area contributed by atoms with Crippen molar-refractivity contribution in [1.29, 1.82) is 0 Å². The summed E-state index contributed by atoms with van der Waals surface area (Å²) in [7, 11) is -1.65. The molecule has 0 aliphatic heterocycles. The Morgan fingerprint density at radius 1 is 1.35 bits per heavy atom. The van der Waals surface area contributed by atoms with Crippen LogP contribution in [0.25, 0.3) is 5.76 Å². The second kappa shape index (κ2) is 5.51. The molecule has 1 aromatic rings. The number of hydrogen-bond donors (Lipinski definition) is 0. The summed E-state index contributed by atoms with van der Waals surface area (Å²) in [5.41, 5.74) is 0. The topological polar surface area (TPSA) is 35.5 Å². The van der Waals surface area contributed by atoms with Crippen molar-refractivity contribution in [2.24, 2.45) is 0 Å². The number of rotatable bonds is 5. The average molecular weight is 270 g/mol. The molecule has 0 spiro atoms. The molecule has 1 rings (SSSR count). The fourth-order valence-corrected chi connectivity index (χ4v) is 2.95. The van der Waals surface area contributed by atoms with Crippen molar-refractivity contribution in [1.82, 2.24) is 0 Å². The van der Waals surface area contributed by atoms with Crippen LogP contribution in [-0.2, 0) is 9.16 Å². The van der Waals surface area contributed by atoms with Crippen molar-refractivity contribution in [3.05, 3.63) is 28.5 Å². The highest BCUT2D eigenvalue weighted by Gasteiger charge is 2.19. The number of thiophene rings is 1. The molecule has 0 unspecified atom stereocenters. The Labute approximate surface area is 107 Å². The van der Waals surface area contributed by atoms with Crippen LogP contribution in [0.5, 0.6) is 0 Å². The first kappa shape index (κ1) is 14.0. The number of hydrogen-bond acceptors (Lipinski definition) is 4. The van der Waals surface area contributed by atoms with Gasteiger partial charge in [0, 0.05) is 0 Å². The van der Waals surface area contributed by atoms with Crippen LogP contribution in [-0.4, -0.2) is 20.9 Å². The van der Waals surface area contributed by atoms with E-state index in [9.17, 15) is 4.79 Å². The summed E-state index contributed by atoms with van der Waals surface area (Å²) >= 11 is 1.35. The molecule has 0 saturated heterocycles. The van der Waals surface area contributed by atoms with Gasteiger partial charge in [-0.1, -0.05) is 6.58 Å². The molecular weight excluding hydrogens is 252 g/mol. The molecule has 0 atom stereocenters. The zero-order chi connectivity index (χ0) is 13.1. The maximum Gasteiger partial charge on any atom is 0.348 e. The fourth-order valence-electron chi connectivity index (χ4n) is 1.22. The van der Waals surface area contributed by atoms with Crippen molar-refractivity contribution in [3.8, 4) is 0 Å². The van der Waals surface area contributed by atoms with Crippen LogP contribution in [0.2, 0.25) is 19.6 Å². The third kappa shape index (κ3) is 4.36. The van der Waals surface area contributed by atoms with Crippen molar-refractivity contribution in [3.63, 3.8) is 0 Å². The lowest BCUT2D eigenvalue weighted by Crippen LogP contribution is -2.23. The Hall–Kier alpha value is -1.07. The highest BCUT2D eigenvalue weighted by molar-refractivity contribution is 7.15. The Bertz CT molecular complexity index is 418. The fraction of sp³-hybridized carbons (Fsp3) is 0.417. The first-order valence-corrected chi connectivity index (χ1v) is 9.71. The molecule has 0 amide bonds. The first-order chi connectivity index (χ1) is 7.83. The Morgan fingerprint density at radius 3 is 2.47 bits per heavy atom. The van der Waals surface area contributed by atoms with Gasteiger partial charge in [-0.3, -0.25) is 0 Å². The van der Waals surface area contributed by atoms with E-state index in [1.165, 1.54) is 11.3 Å². The van der Waals surface area contributed by atoms with Crippen molar-refractivity contribution < 1.29 is 14.0 Å². The highest BCUT2D eigenvalue weighted by Crippen LogP contribution is 2.26. The molecule has 3 nitrogen and oxygen atoms in total. The minimum Gasteiger partial charge on any atom is -0.544 e. The predicted octanol–water partition coefficient (Wildman–Crippen LogP) is 3.75. The van der Waals surface area contributed by atoms with Gasteiger partial charge in [0.05, 0.1) is 11.5 Å². The average Bonchev–Trinajstić information content (AvgIpc) is 2.63. The third-order valence-electron chi connectivity index (χ3n) is 1.79. The monoisotopic (exact) mass is 270 g/mol. The number of esters is 1. The van der Waals surface area contributed by atoms with Gasteiger partial charge in [0.1, 0.15) is 10.6 Å². The molecule has 0 N–H and O–H groups in total. The lowest BCUT2D eigenvalue weighted by Gasteiger charge is -2.19. The maximum atomic E-state index is 11.5. The van der Waals surface area contributed by atoms with E-state index in [2.05, 4.69) is 26.2 Å². The van der Waals surface area contributed by atoms with Crippen LogP contribution >= 0.6 is 11.3 Å².